The van der Waals surface area contributed by atoms with E-state index >= 15 is 0 Å². The minimum absolute atomic E-state index is 0.00214. The van der Waals surface area contributed by atoms with E-state index in [0.717, 1.165) is 17.8 Å². The molecule has 2 aromatic carbocycles. The third kappa shape index (κ3) is 4.28. The molecule has 2 N–H and O–H groups in total. The fourth-order valence-electron chi connectivity index (χ4n) is 1.95. The summed E-state index contributed by atoms with van der Waals surface area (Å²) >= 11 is 0. The third-order valence-electron chi connectivity index (χ3n) is 3.24. The van der Waals surface area contributed by atoms with Gasteiger partial charge in [0.1, 0.15) is 11.6 Å². The lowest BCUT2D eigenvalue weighted by Gasteiger charge is -2.10. The zero-order chi connectivity index (χ0) is 16.1. The molecule has 2 rings (SSSR count). The van der Waals surface area contributed by atoms with Crippen LogP contribution in [0.2, 0.25) is 0 Å². The molecule has 0 aliphatic carbocycles. The number of halogens is 2. The number of nitrogens with one attached hydrogen (secondary N) is 2. The summed E-state index contributed by atoms with van der Waals surface area (Å²) in [5.41, 5.74) is 1.98. The van der Waals surface area contributed by atoms with Crippen molar-refractivity contribution in [2.24, 2.45) is 0 Å². The predicted octanol–water partition coefficient (Wildman–Crippen LogP) is 4.14. The Hall–Kier alpha value is -2.43. The molecular weight excluding hydrogens is 286 g/mol. The van der Waals surface area contributed by atoms with Gasteiger partial charge >= 0.3 is 0 Å². The first-order chi connectivity index (χ1) is 10.5. The van der Waals surface area contributed by atoms with Crippen LogP contribution < -0.4 is 10.6 Å². The number of carbonyl (C=O) groups excluding carboxylic acids is 1. The number of benzene rings is 2. The van der Waals surface area contributed by atoms with E-state index in [4.69, 9.17) is 0 Å². The monoisotopic (exact) mass is 304 g/mol. The maximum absolute atomic E-state index is 13.4. The Bertz CT molecular complexity index is 654. The van der Waals surface area contributed by atoms with Crippen molar-refractivity contribution in [3.05, 3.63) is 59.7 Å². The summed E-state index contributed by atoms with van der Waals surface area (Å²) in [4.78, 5) is 11.8. The summed E-state index contributed by atoms with van der Waals surface area (Å²) in [5, 5.41) is 5.35. The SMILES string of the molecule is CC(C)c1ccc(NCC(=O)Nc2ccc(F)cc2F)cc1. The van der Waals surface area contributed by atoms with Gasteiger partial charge in [0.25, 0.3) is 0 Å². The molecule has 0 unspecified atom stereocenters. The molecule has 0 aromatic heterocycles. The first-order valence-corrected chi connectivity index (χ1v) is 7.04. The van der Waals surface area contributed by atoms with Crippen molar-refractivity contribution >= 4 is 17.3 Å². The topological polar surface area (TPSA) is 41.1 Å². The molecule has 5 heteroatoms. The second-order valence-electron chi connectivity index (χ2n) is 5.30. The highest BCUT2D eigenvalue weighted by atomic mass is 19.1. The molecule has 0 bridgehead atoms. The van der Waals surface area contributed by atoms with Gasteiger partial charge in [0.05, 0.1) is 12.2 Å². The average Bonchev–Trinajstić information content (AvgIpc) is 2.48. The number of carbonyl (C=O) groups is 1. The molecule has 0 aliphatic heterocycles. The summed E-state index contributed by atoms with van der Waals surface area (Å²) in [6.07, 6.45) is 0. The van der Waals surface area contributed by atoms with Crippen molar-refractivity contribution in [1.82, 2.24) is 0 Å². The minimum Gasteiger partial charge on any atom is -0.376 e. The number of anilines is 2. The van der Waals surface area contributed by atoms with E-state index < -0.39 is 17.5 Å². The van der Waals surface area contributed by atoms with Gasteiger partial charge in [-0.2, -0.15) is 0 Å². The van der Waals surface area contributed by atoms with Crippen LogP contribution >= 0.6 is 0 Å². The lowest BCUT2D eigenvalue weighted by molar-refractivity contribution is -0.114. The van der Waals surface area contributed by atoms with Gasteiger partial charge in [-0.05, 0) is 35.7 Å². The Morgan fingerprint density at radius 3 is 2.36 bits per heavy atom. The Morgan fingerprint density at radius 2 is 1.77 bits per heavy atom. The lowest BCUT2D eigenvalue weighted by Crippen LogP contribution is -2.22. The van der Waals surface area contributed by atoms with Crippen molar-refractivity contribution in [3.8, 4) is 0 Å². The normalized spacial score (nSPS) is 10.6. The van der Waals surface area contributed by atoms with Crippen LogP contribution in [-0.4, -0.2) is 12.5 Å². The average molecular weight is 304 g/mol. The lowest BCUT2D eigenvalue weighted by atomic mass is 10.0. The van der Waals surface area contributed by atoms with Gasteiger partial charge < -0.3 is 10.6 Å². The van der Waals surface area contributed by atoms with Gasteiger partial charge in [-0.25, -0.2) is 8.78 Å². The van der Waals surface area contributed by atoms with Crippen LogP contribution in [0, 0.1) is 11.6 Å². The molecule has 22 heavy (non-hydrogen) atoms. The maximum Gasteiger partial charge on any atom is 0.243 e. The molecule has 0 spiro atoms. The van der Waals surface area contributed by atoms with Crippen molar-refractivity contribution in [3.63, 3.8) is 0 Å². The fourth-order valence-corrected chi connectivity index (χ4v) is 1.95. The first-order valence-electron chi connectivity index (χ1n) is 7.04. The highest BCUT2D eigenvalue weighted by Gasteiger charge is 2.08. The Morgan fingerprint density at radius 1 is 1.09 bits per heavy atom. The van der Waals surface area contributed by atoms with E-state index in [2.05, 4.69) is 24.5 Å². The minimum atomic E-state index is -0.797. The number of hydrogen-bond acceptors (Lipinski definition) is 2. The van der Waals surface area contributed by atoms with E-state index in [1.807, 2.05) is 24.3 Å². The number of hydrogen-bond donors (Lipinski definition) is 2. The van der Waals surface area contributed by atoms with E-state index in [1.165, 1.54) is 11.6 Å². The van der Waals surface area contributed by atoms with Crippen LogP contribution in [0.3, 0.4) is 0 Å². The quantitative estimate of drug-likeness (QED) is 0.871. The van der Waals surface area contributed by atoms with E-state index in [0.29, 0.717) is 5.92 Å². The van der Waals surface area contributed by atoms with Crippen LogP contribution in [0.5, 0.6) is 0 Å². The van der Waals surface area contributed by atoms with Gasteiger partial charge in [0.2, 0.25) is 5.91 Å². The highest BCUT2D eigenvalue weighted by molar-refractivity contribution is 5.93. The molecule has 3 nitrogen and oxygen atoms in total. The maximum atomic E-state index is 13.4. The highest BCUT2D eigenvalue weighted by Crippen LogP contribution is 2.17. The van der Waals surface area contributed by atoms with Crippen molar-refractivity contribution in [2.45, 2.75) is 19.8 Å². The Balaban J connectivity index is 1.89. The summed E-state index contributed by atoms with van der Waals surface area (Å²) in [6, 6.07) is 10.8. The Kier molecular flexibility index (Phi) is 5.09. The molecule has 0 radical (unpaired) electrons. The molecule has 0 heterocycles. The smallest absolute Gasteiger partial charge is 0.243 e. The van der Waals surface area contributed by atoms with E-state index in [-0.39, 0.29) is 12.2 Å². The number of amides is 1. The fraction of sp³-hybridized carbons (Fsp3) is 0.235. The molecule has 2 aromatic rings. The largest absolute Gasteiger partial charge is 0.376 e. The van der Waals surface area contributed by atoms with E-state index in [9.17, 15) is 13.6 Å². The molecule has 116 valence electrons. The standard InChI is InChI=1S/C17H18F2N2O/c1-11(2)12-3-6-14(7-4-12)20-10-17(22)21-16-8-5-13(18)9-15(16)19/h3-9,11,20H,10H2,1-2H3,(H,21,22). The molecule has 0 saturated heterocycles. The van der Waals surface area contributed by atoms with E-state index in [1.54, 1.807) is 0 Å². The van der Waals surface area contributed by atoms with Crippen LogP contribution in [0.4, 0.5) is 20.2 Å². The third-order valence-corrected chi connectivity index (χ3v) is 3.24. The van der Waals surface area contributed by atoms with Gasteiger partial charge in [0, 0.05) is 11.8 Å². The van der Waals surface area contributed by atoms with Crippen LogP contribution in [0.15, 0.2) is 42.5 Å². The van der Waals surface area contributed by atoms with Crippen LogP contribution in [0.25, 0.3) is 0 Å². The second-order valence-corrected chi connectivity index (χ2v) is 5.30. The van der Waals surface area contributed by atoms with Crippen LogP contribution in [-0.2, 0) is 4.79 Å². The molecular formula is C17H18F2N2O. The zero-order valence-electron chi connectivity index (χ0n) is 12.5. The van der Waals surface area contributed by atoms with Gasteiger partial charge in [-0.3, -0.25) is 4.79 Å². The predicted molar refractivity (Wildman–Crippen MR) is 84.0 cm³/mol. The van der Waals surface area contributed by atoms with Crippen LogP contribution in [0.1, 0.15) is 25.3 Å². The first kappa shape index (κ1) is 15.9. The summed E-state index contributed by atoms with van der Waals surface area (Å²) < 4.78 is 26.2. The van der Waals surface area contributed by atoms with Gasteiger partial charge in [-0.1, -0.05) is 26.0 Å². The summed E-state index contributed by atoms with van der Waals surface area (Å²) in [6.45, 7) is 4.21. The summed E-state index contributed by atoms with van der Waals surface area (Å²) in [7, 11) is 0. The zero-order valence-corrected chi connectivity index (χ0v) is 12.5. The van der Waals surface area contributed by atoms with Crippen molar-refractivity contribution in [2.75, 3.05) is 17.2 Å². The molecule has 0 fully saturated rings. The van der Waals surface area contributed by atoms with Crippen molar-refractivity contribution < 1.29 is 13.6 Å². The molecule has 0 saturated carbocycles. The molecule has 1 amide bonds. The van der Waals surface area contributed by atoms with Gasteiger partial charge in [-0.15, -0.1) is 0 Å². The Labute approximate surface area is 128 Å². The number of rotatable bonds is 5. The second kappa shape index (κ2) is 7.02. The van der Waals surface area contributed by atoms with Crippen molar-refractivity contribution in [1.29, 1.82) is 0 Å². The molecule has 0 aliphatic rings. The molecule has 0 atom stereocenters. The summed E-state index contributed by atoms with van der Waals surface area (Å²) in [5.74, 6) is -1.44. The van der Waals surface area contributed by atoms with Gasteiger partial charge in [0.15, 0.2) is 0 Å².